The normalized spacial score (nSPS) is 26.1. The number of aliphatic hydroxyl groups is 1. The van der Waals surface area contributed by atoms with Gasteiger partial charge < -0.3 is 10.0 Å². The Morgan fingerprint density at radius 1 is 1.25 bits per heavy atom. The molecule has 1 saturated heterocycles. The average Bonchev–Trinajstić information content (AvgIpc) is 3.12. The topological polar surface area (TPSA) is 61.6 Å². The van der Waals surface area contributed by atoms with Crippen LogP contribution in [0.15, 0.2) is 6.20 Å². The number of rotatable bonds is 2. The van der Waals surface area contributed by atoms with Crippen molar-refractivity contribution in [2.75, 3.05) is 26.2 Å². The number of aliphatic hydroxyl groups excluding tert-OH is 1. The quantitative estimate of drug-likeness (QED) is 0.872. The summed E-state index contributed by atoms with van der Waals surface area (Å²) in [6.45, 7) is 1.84. The second-order valence-electron chi connectivity index (χ2n) is 6.46. The zero-order chi connectivity index (χ0) is 17.5. The minimum Gasteiger partial charge on any atom is -0.391 e. The third kappa shape index (κ3) is 3.27. The van der Waals surface area contributed by atoms with Crippen molar-refractivity contribution in [2.45, 2.75) is 37.6 Å². The molecule has 24 heavy (non-hydrogen) atoms. The zero-order valence-electron chi connectivity index (χ0n) is 13.5. The largest absolute Gasteiger partial charge is 0.435 e. The van der Waals surface area contributed by atoms with E-state index in [0.29, 0.717) is 26.2 Å². The van der Waals surface area contributed by atoms with E-state index in [4.69, 9.17) is 0 Å². The van der Waals surface area contributed by atoms with Crippen molar-refractivity contribution >= 4 is 5.91 Å². The van der Waals surface area contributed by atoms with Crippen LogP contribution in [0.1, 0.15) is 35.3 Å². The standard InChI is InChI=1S/C15H21F3N4O2/c1-20-9-10(13(19-20)15(16,17)18)14(24)22-7-5-21(6-8-22)11-3-2-4-12(11)23/h9,11-12,23H,2-8H2,1H3/t11-,12+/m1/s1. The van der Waals surface area contributed by atoms with Crippen molar-refractivity contribution in [3.05, 3.63) is 17.5 Å². The highest BCUT2D eigenvalue weighted by Gasteiger charge is 2.40. The maximum Gasteiger partial charge on any atom is 0.435 e. The minimum absolute atomic E-state index is 0.103. The Bertz CT molecular complexity index is 608. The van der Waals surface area contributed by atoms with Crippen LogP contribution in [0.2, 0.25) is 0 Å². The lowest BCUT2D eigenvalue weighted by atomic mass is 10.1. The van der Waals surface area contributed by atoms with E-state index in [2.05, 4.69) is 10.00 Å². The van der Waals surface area contributed by atoms with Gasteiger partial charge >= 0.3 is 6.18 Å². The van der Waals surface area contributed by atoms with E-state index in [-0.39, 0.29) is 12.1 Å². The van der Waals surface area contributed by atoms with Gasteiger partial charge in [-0.05, 0) is 19.3 Å². The predicted octanol–water partition coefficient (Wildman–Crippen LogP) is 1.11. The molecule has 1 N–H and O–H groups in total. The van der Waals surface area contributed by atoms with Crippen LogP contribution >= 0.6 is 0 Å². The molecule has 1 aromatic heterocycles. The number of piperazine rings is 1. The molecule has 9 heteroatoms. The number of amides is 1. The van der Waals surface area contributed by atoms with Crippen molar-refractivity contribution in [2.24, 2.45) is 7.05 Å². The molecule has 2 heterocycles. The number of alkyl halides is 3. The Balaban J connectivity index is 1.68. The van der Waals surface area contributed by atoms with Crippen molar-refractivity contribution < 1.29 is 23.1 Å². The summed E-state index contributed by atoms with van der Waals surface area (Å²) in [7, 11) is 1.37. The molecule has 134 valence electrons. The number of aromatic nitrogens is 2. The van der Waals surface area contributed by atoms with E-state index in [1.807, 2.05) is 0 Å². The summed E-state index contributed by atoms with van der Waals surface area (Å²) in [5, 5.41) is 13.4. The third-order valence-corrected chi connectivity index (χ3v) is 4.84. The number of aryl methyl sites for hydroxylation is 1. The van der Waals surface area contributed by atoms with Gasteiger partial charge in [-0.15, -0.1) is 0 Å². The van der Waals surface area contributed by atoms with Gasteiger partial charge in [0.2, 0.25) is 0 Å². The molecule has 2 atom stereocenters. The monoisotopic (exact) mass is 346 g/mol. The fourth-order valence-electron chi connectivity index (χ4n) is 3.63. The van der Waals surface area contributed by atoms with E-state index in [0.717, 1.165) is 30.1 Å². The smallest absolute Gasteiger partial charge is 0.391 e. The Morgan fingerprint density at radius 3 is 2.46 bits per heavy atom. The summed E-state index contributed by atoms with van der Waals surface area (Å²) in [5.41, 5.74) is -1.54. The van der Waals surface area contributed by atoms with Crippen molar-refractivity contribution in [3.8, 4) is 0 Å². The van der Waals surface area contributed by atoms with Crippen LogP contribution in [0.25, 0.3) is 0 Å². The van der Waals surface area contributed by atoms with Crippen LogP contribution in [-0.2, 0) is 13.2 Å². The van der Waals surface area contributed by atoms with Crippen LogP contribution in [-0.4, -0.2) is 68.9 Å². The Morgan fingerprint density at radius 2 is 1.92 bits per heavy atom. The molecule has 1 aliphatic carbocycles. The minimum atomic E-state index is -4.65. The maximum atomic E-state index is 13.0. The fraction of sp³-hybridized carbons (Fsp3) is 0.733. The molecule has 1 saturated carbocycles. The summed E-state index contributed by atoms with van der Waals surface area (Å²) < 4.78 is 40.1. The summed E-state index contributed by atoms with van der Waals surface area (Å²) in [6, 6.07) is 0.103. The number of nitrogens with zero attached hydrogens (tertiary/aromatic N) is 4. The van der Waals surface area contributed by atoms with E-state index < -0.39 is 23.3 Å². The van der Waals surface area contributed by atoms with Gasteiger partial charge in [0.05, 0.1) is 11.7 Å². The first-order chi connectivity index (χ1) is 11.3. The van der Waals surface area contributed by atoms with Crippen molar-refractivity contribution in [1.82, 2.24) is 19.6 Å². The van der Waals surface area contributed by atoms with Crippen molar-refractivity contribution in [3.63, 3.8) is 0 Å². The molecule has 1 amide bonds. The first-order valence-electron chi connectivity index (χ1n) is 8.09. The van der Waals surface area contributed by atoms with Gasteiger partial charge in [0.25, 0.3) is 5.91 Å². The molecule has 1 aromatic rings. The second kappa shape index (κ2) is 6.36. The number of carbonyl (C=O) groups excluding carboxylic acids is 1. The molecule has 0 bridgehead atoms. The Hall–Kier alpha value is -1.61. The van der Waals surface area contributed by atoms with Crippen LogP contribution < -0.4 is 0 Å². The second-order valence-corrected chi connectivity index (χ2v) is 6.46. The lowest BCUT2D eigenvalue weighted by molar-refractivity contribution is -0.141. The molecule has 2 fully saturated rings. The van der Waals surface area contributed by atoms with Crippen LogP contribution in [0.5, 0.6) is 0 Å². The van der Waals surface area contributed by atoms with Crippen molar-refractivity contribution in [1.29, 1.82) is 0 Å². The predicted molar refractivity (Wildman–Crippen MR) is 79.3 cm³/mol. The highest BCUT2D eigenvalue weighted by atomic mass is 19.4. The lowest BCUT2D eigenvalue weighted by Crippen LogP contribution is -2.53. The first kappa shape index (κ1) is 17.2. The van der Waals surface area contributed by atoms with E-state index in [1.54, 1.807) is 0 Å². The maximum absolute atomic E-state index is 13.0. The van der Waals surface area contributed by atoms with Gasteiger partial charge in [0, 0.05) is 45.5 Å². The molecule has 0 unspecified atom stereocenters. The molecule has 0 aromatic carbocycles. The summed E-state index contributed by atoms with van der Waals surface area (Å²) >= 11 is 0. The number of hydrogen-bond donors (Lipinski definition) is 1. The van der Waals surface area contributed by atoms with Gasteiger partial charge in [-0.2, -0.15) is 18.3 Å². The number of carbonyl (C=O) groups is 1. The lowest BCUT2D eigenvalue weighted by Gasteiger charge is -2.39. The molecular formula is C15H21F3N4O2. The first-order valence-corrected chi connectivity index (χ1v) is 8.09. The number of halogens is 3. The zero-order valence-corrected chi connectivity index (χ0v) is 13.5. The molecule has 6 nitrogen and oxygen atoms in total. The van der Waals surface area contributed by atoms with E-state index >= 15 is 0 Å². The summed E-state index contributed by atoms with van der Waals surface area (Å²) in [5.74, 6) is -0.637. The molecule has 0 radical (unpaired) electrons. The van der Waals surface area contributed by atoms with Gasteiger partial charge in [-0.1, -0.05) is 0 Å². The molecule has 3 rings (SSSR count). The van der Waals surface area contributed by atoms with E-state index in [9.17, 15) is 23.1 Å². The molecule has 0 spiro atoms. The molecule has 1 aliphatic heterocycles. The Labute approximate surface area is 137 Å². The van der Waals surface area contributed by atoms with Gasteiger partial charge in [-0.25, -0.2) is 0 Å². The fourth-order valence-corrected chi connectivity index (χ4v) is 3.63. The SMILES string of the molecule is Cn1cc(C(=O)N2CCN([C@@H]3CCC[C@@H]3O)CC2)c(C(F)(F)F)n1. The molecular weight excluding hydrogens is 325 g/mol. The molecule has 2 aliphatic rings. The van der Waals surface area contributed by atoms with Crippen LogP contribution in [0, 0.1) is 0 Å². The van der Waals surface area contributed by atoms with Gasteiger partial charge in [-0.3, -0.25) is 14.4 Å². The third-order valence-electron chi connectivity index (χ3n) is 4.84. The summed E-state index contributed by atoms with van der Waals surface area (Å²) in [4.78, 5) is 16.0. The Kier molecular flexibility index (Phi) is 4.56. The highest BCUT2D eigenvalue weighted by Crippen LogP contribution is 2.31. The van der Waals surface area contributed by atoms with E-state index in [1.165, 1.54) is 11.9 Å². The van der Waals surface area contributed by atoms with Gasteiger partial charge in [0.15, 0.2) is 5.69 Å². The summed E-state index contributed by atoms with van der Waals surface area (Å²) in [6.07, 6.45) is -1.18. The van der Waals surface area contributed by atoms with Crippen LogP contribution in [0.3, 0.4) is 0 Å². The average molecular weight is 346 g/mol. The van der Waals surface area contributed by atoms with Crippen LogP contribution in [0.4, 0.5) is 13.2 Å². The van der Waals surface area contributed by atoms with Gasteiger partial charge in [0.1, 0.15) is 0 Å². The highest BCUT2D eigenvalue weighted by molar-refractivity contribution is 5.95. The number of hydrogen-bond acceptors (Lipinski definition) is 4.